The van der Waals surface area contributed by atoms with Gasteiger partial charge in [0.1, 0.15) is 5.76 Å². The van der Waals surface area contributed by atoms with E-state index >= 15 is 0 Å². The van der Waals surface area contributed by atoms with Gasteiger partial charge in [0.05, 0.1) is 32.6 Å². The van der Waals surface area contributed by atoms with Crippen LogP contribution in [-0.2, 0) is 27.4 Å². The van der Waals surface area contributed by atoms with Crippen molar-refractivity contribution in [3.63, 3.8) is 0 Å². The summed E-state index contributed by atoms with van der Waals surface area (Å²) >= 11 is 0. The maximum Gasteiger partial charge on any atom is 0.242 e. The van der Waals surface area contributed by atoms with Gasteiger partial charge in [0.15, 0.2) is 11.5 Å². The Balaban J connectivity index is 1.29. The van der Waals surface area contributed by atoms with E-state index in [2.05, 4.69) is 4.90 Å². The maximum atomic E-state index is 13.6. The van der Waals surface area contributed by atoms with Crippen LogP contribution in [0, 0.1) is 5.92 Å². The van der Waals surface area contributed by atoms with Crippen molar-refractivity contribution < 1.29 is 28.2 Å². The first kappa shape index (κ1) is 23.7. The Morgan fingerprint density at radius 1 is 1.00 bits per heavy atom. The number of nitrogens with zero attached hydrogens (tertiary/aromatic N) is 3. The van der Waals surface area contributed by atoms with Gasteiger partial charge in [-0.25, -0.2) is 0 Å². The third-order valence-electron chi connectivity index (χ3n) is 6.97. The summed E-state index contributed by atoms with van der Waals surface area (Å²) in [6.45, 7) is 5.39. The predicted octanol–water partition coefficient (Wildman–Crippen LogP) is 2.50. The molecule has 1 saturated heterocycles. The Bertz CT molecular complexity index is 1000. The van der Waals surface area contributed by atoms with Crippen LogP contribution in [-0.4, -0.2) is 79.2 Å². The van der Waals surface area contributed by atoms with Crippen molar-refractivity contribution in [2.45, 2.75) is 32.4 Å². The van der Waals surface area contributed by atoms with Crippen LogP contribution in [0.5, 0.6) is 11.5 Å². The average molecular weight is 484 g/mol. The van der Waals surface area contributed by atoms with Gasteiger partial charge in [-0.2, -0.15) is 0 Å². The second kappa shape index (κ2) is 11.1. The zero-order valence-electron chi connectivity index (χ0n) is 20.0. The molecule has 9 nitrogen and oxygen atoms in total. The lowest BCUT2D eigenvalue weighted by Crippen LogP contribution is -2.49. The van der Waals surface area contributed by atoms with Gasteiger partial charge < -0.3 is 28.4 Å². The Kier molecular flexibility index (Phi) is 7.54. The van der Waals surface area contributed by atoms with Gasteiger partial charge >= 0.3 is 0 Å². The molecule has 2 aromatic rings. The molecule has 188 valence electrons. The Morgan fingerprint density at radius 2 is 1.83 bits per heavy atom. The van der Waals surface area contributed by atoms with Crippen LogP contribution in [0.2, 0.25) is 0 Å². The van der Waals surface area contributed by atoms with Crippen LogP contribution in [0.3, 0.4) is 0 Å². The molecule has 1 aromatic heterocycles. The lowest BCUT2D eigenvalue weighted by atomic mass is 9.84. The topological polar surface area (TPSA) is 84.7 Å². The number of morpholine rings is 1. The number of fused-ring (bicyclic) bond motifs is 1. The molecule has 0 bridgehead atoms. The summed E-state index contributed by atoms with van der Waals surface area (Å²) in [5, 5.41) is 0. The molecular formula is C26H33N3O6. The van der Waals surface area contributed by atoms with E-state index in [0.717, 1.165) is 44.5 Å². The third kappa shape index (κ3) is 5.97. The number of rotatable bonds is 10. The van der Waals surface area contributed by atoms with Crippen molar-refractivity contribution in [2.75, 3.05) is 52.7 Å². The summed E-state index contributed by atoms with van der Waals surface area (Å²) in [5.41, 5.74) is 0.930. The van der Waals surface area contributed by atoms with Crippen molar-refractivity contribution in [3.05, 3.63) is 47.9 Å². The van der Waals surface area contributed by atoms with Gasteiger partial charge in [-0.05, 0) is 42.7 Å². The fourth-order valence-electron chi connectivity index (χ4n) is 4.61. The molecule has 0 unspecified atom stereocenters. The van der Waals surface area contributed by atoms with Crippen LogP contribution >= 0.6 is 0 Å². The summed E-state index contributed by atoms with van der Waals surface area (Å²) in [6, 6.07) is 9.37. The molecule has 35 heavy (non-hydrogen) atoms. The summed E-state index contributed by atoms with van der Waals surface area (Å²) in [4.78, 5) is 32.6. The van der Waals surface area contributed by atoms with Gasteiger partial charge in [0.25, 0.3) is 0 Å². The molecule has 0 radical (unpaired) electrons. The van der Waals surface area contributed by atoms with Crippen molar-refractivity contribution in [2.24, 2.45) is 5.92 Å². The SMILES string of the molecule is O=C(CN(CCN1CCOCC1)C(=O)C1CCC1)N(Cc1ccc2c(c1)OCO2)Cc1ccco1. The number of ether oxygens (including phenoxy) is 3. The molecule has 0 N–H and O–H groups in total. The van der Waals surface area contributed by atoms with E-state index in [4.69, 9.17) is 18.6 Å². The van der Waals surface area contributed by atoms with Gasteiger partial charge in [-0.1, -0.05) is 12.5 Å². The Morgan fingerprint density at radius 3 is 2.57 bits per heavy atom. The quantitative estimate of drug-likeness (QED) is 0.513. The number of carbonyl (C=O) groups excluding carboxylic acids is 2. The molecule has 2 amide bonds. The van der Waals surface area contributed by atoms with E-state index in [1.807, 2.05) is 30.3 Å². The molecule has 5 rings (SSSR count). The summed E-state index contributed by atoms with van der Waals surface area (Å²) in [6.07, 6.45) is 4.51. The fraction of sp³-hybridized carbons (Fsp3) is 0.538. The molecule has 9 heteroatoms. The van der Waals surface area contributed by atoms with E-state index in [1.54, 1.807) is 16.1 Å². The van der Waals surface area contributed by atoms with Gasteiger partial charge in [0, 0.05) is 38.6 Å². The third-order valence-corrected chi connectivity index (χ3v) is 6.97. The molecule has 2 fully saturated rings. The number of hydrogen-bond donors (Lipinski definition) is 0. The fourth-order valence-corrected chi connectivity index (χ4v) is 4.61. The van der Waals surface area contributed by atoms with Crippen LogP contribution in [0.1, 0.15) is 30.6 Å². The highest BCUT2D eigenvalue weighted by atomic mass is 16.7. The minimum atomic E-state index is -0.103. The number of benzene rings is 1. The number of furan rings is 1. The van der Waals surface area contributed by atoms with E-state index < -0.39 is 0 Å². The van der Waals surface area contributed by atoms with E-state index in [0.29, 0.717) is 50.1 Å². The van der Waals surface area contributed by atoms with E-state index in [1.165, 1.54) is 0 Å². The Labute approximate surface area is 205 Å². The highest BCUT2D eigenvalue weighted by Crippen LogP contribution is 2.33. The van der Waals surface area contributed by atoms with Crippen LogP contribution in [0.15, 0.2) is 41.0 Å². The van der Waals surface area contributed by atoms with Gasteiger partial charge in [0.2, 0.25) is 18.6 Å². The highest BCUT2D eigenvalue weighted by Gasteiger charge is 2.32. The van der Waals surface area contributed by atoms with Crippen LogP contribution in [0.25, 0.3) is 0 Å². The monoisotopic (exact) mass is 483 g/mol. The predicted molar refractivity (Wildman–Crippen MR) is 127 cm³/mol. The van der Waals surface area contributed by atoms with Crippen molar-refractivity contribution in [1.29, 1.82) is 0 Å². The Hall–Kier alpha value is -3.04. The van der Waals surface area contributed by atoms with Gasteiger partial charge in [-0.3, -0.25) is 14.5 Å². The summed E-state index contributed by atoms with van der Waals surface area (Å²) < 4.78 is 21.9. The van der Waals surface area contributed by atoms with E-state index in [9.17, 15) is 9.59 Å². The first-order chi connectivity index (χ1) is 17.2. The smallest absolute Gasteiger partial charge is 0.242 e. The second-order valence-electron chi connectivity index (χ2n) is 9.36. The van der Waals surface area contributed by atoms with Crippen LogP contribution < -0.4 is 9.47 Å². The minimum Gasteiger partial charge on any atom is -0.467 e. The van der Waals surface area contributed by atoms with Gasteiger partial charge in [-0.15, -0.1) is 0 Å². The molecule has 0 atom stereocenters. The molecule has 1 saturated carbocycles. The maximum absolute atomic E-state index is 13.6. The molecule has 1 aliphatic carbocycles. The first-order valence-electron chi connectivity index (χ1n) is 12.4. The second-order valence-corrected chi connectivity index (χ2v) is 9.36. The summed E-state index contributed by atoms with van der Waals surface area (Å²) in [5.74, 6) is 2.12. The molecule has 3 aliphatic rings. The van der Waals surface area contributed by atoms with Crippen molar-refractivity contribution in [3.8, 4) is 11.5 Å². The van der Waals surface area contributed by atoms with Crippen molar-refractivity contribution in [1.82, 2.24) is 14.7 Å². The molecule has 1 aromatic carbocycles. The number of amides is 2. The zero-order valence-corrected chi connectivity index (χ0v) is 20.0. The lowest BCUT2D eigenvalue weighted by molar-refractivity contribution is -0.145. The zero-order chi connectivity index (χ0) is 24.0. The molecule has 3 heterocycles. The van der Waals surface area contributed by atoms with E-state index in [-0.39, 0.29) is 31.1 Å². The highest BCUT2D eigenvalue weighted by molar-refractivity contribution is 5.86. The average Bonchev–Trinajstić information content (AvgIpc) is 3.52. The molecular weight excluding hydrogens is 450 g/mol. The molecule has 2 aliphatic heterocycles. The normalized spacial score (nSPS) is 17.7. The minimum absolute atomic E-state index is 0.0415. The van der Waals surface area contributed by atoms with Crippen LogP contribution in [0.4, 0.5) is 0 Å². The number of carbonyl (C=O) groups is 2. The number of hydrogen-bond acceptors (Lipinski definition) is 7. The lowest BCUT2D eigenvalue weighted by Gasteiger charge is -2.35. The standard InChI is InChI=1S/C26H33N3O6/c30-25(18-28(26(31)21-3-1-4-21)9-8-27-10-13-32-14-11-27)29(17-22-5-2-12-33-22)16-20-6-7-23-24(15-20)35-19-34-23/h2,5-7,12,15,21H,1,3-4,8-11,13-14,16-19H2. The molecule has 0 spiro atoms. The summed E-state index contributed by atoms with van der Waals surface area (Å²) in [7, 11) is 0. The first-order valence-corrected chi connectivity index (χ1v) is 12.4. The largest absolute Gasteiger partial charge is 0.467 e. The van der Waals surface area contributed by atoms with Crippen molar-refractivity contribution >= 4 is 11.8 Å².